The maximum Gasteiger partial charge on any atom is 0.238 e. The van der Waals surface area contributed by atoms with Gasteiger partial charge in [-0.15, -0.1) is 0 Å². The van der Waals surface area contributed by atoms with Crippen molar-refractivity contribution in [1.82, 2.24) is 0 Å². The molecule has 0 aliphatic heterocycles. The molecule has 20 heavy (non-hydrogen) atoms. The van der Waals surface area contributed by atoms with E-state index < -0.39 is 12.5 Å². The van der Waals surface area contributed by atoms with Crippen molar-refractivity contribution in [2.24, 2.45) is 0 Å². The zero-order valence-corrected chi connectivity index (χ0v) is 12.9. The molecular weight excluding hydrogens is 275 g/mol. The first-order valence-electron chi connectivity index (χ1n) is 6.35. The first-order valence-corrected chi connectivity index (χ1v) is 8.01. The van der Waals surface area contributed by atoms with E-state index in [1.165, 1.54) is 0 Å². The summed E-state index contributed by atoms with van der Waals surface area (Å²) in [5.74, 6) is -0.288. The highest BCUT2D eigenvalue weighted by Crippen LogP contribution is 2.57. The minimum absolute atomic E-state index is 0.0544. The minimum Gasteiger partial charge on any atom is -0.507 e. The number of aromatic hydroxyl groups is 2. The Bertz CT molecular complexity index is 729. The van der Waals surface area contributed by atoms with Crippen LogP contribution in [0.25, 0.3) is 10.8 Å². The molecule has 2 aromatic rings. The number of rotatable bonds is 1. The predicted octanol–water partition coefficient (Wildman–Crippen LogP) is 3.25. The fourth-order valence-corrected chi connectivity index (χ4v) is 3.86. The Balaban J connectivity index is 2.96. The molecule has 0 spiro atoms. The quantitative estimate of drug-likeness (QED) is 0.557. The molecule has 0 saturated heterocycles. The normalized spacial score (nSPS) is 15.2. The van der Waals surface area contributed by atoms with Gasteiger partial charge in [0.1, 0.15) is 11.5 Å². The summed E-state index contributed by atoms with van der Waals surface area (Å²) >= 11 is 0. The molecule has 0 aromatic heterocycles. The third-order valence-corrected chi connectivity index (χ3v) is 6.56. The maximum absolute atomic E-state index is 12.8. The summed E-state index contributed by atoms with van der Waals surface area (Å²) < 4.78 is 12.8. The number of hydrogen-bond acceptors (Lipinski definition) is 3. The zero-order valence-electron chi connectivity index (χ0n) is 12.0. The van der Waals surface area contributed by atoms with Gasteiger partial charge in [-0.2, -0.15) is 0 Å². The number of hydrogen-bond donors (Lipinski definition) is 3. The van der Waals surface area contributed by atoms with E-state index in [2.05, 4.69) is 0 Å². The molecule has 0 fully saturated rings. The van der Waals surface area contributed by atoms with Gasteiger partial charge >= 0.3 is 0 Å². The molecule has 2 aromatic carbocycles. The van der Waals surface area contributed by atoms with Crippen molar-refractivity contribution in [3.63, 3.8) is 0 Å². The Kier molecular flexibility index (Phi) is 3.35. The van der Waals surface area contributed by atoms with E-state index in [4.69, 9.17) is 0 Å². The zero-order chi connectivity index (χ0) is 15.3. The molecule has 3 N–H and O–H groups in total. The van der Waals surface area contributed by atoms with E-state index in [0.717, 1.165) is 0 Å². The Hall–Kier alpha value is -1.51. The summed E-state index contributed by atoms with van der Waals surface area (Å²) in [6.07, 6.45) is 0. The van der Waals surface area contributed by atoms with Crippen LogP contribution in [0.15, 0.2) is 24.3 Å². The number of benzene rings is 2. The molecular formula is C15H19O4P. The average molecular weight is 294 g/mol. The Morgan fingerprint density at radius 3 is 1.90 bits per heavy atom. The summed E-state index contributed by atoms with van der Waals surface area (Å²) in [4.78, 5) is 10.5. The van der Waals surface area contributed by atoms with Gasteiger partial charge in [0.25, 0.3) is 0 Å². The van der Waals surface area contributed by atoms with E-state index in [9.17, 15) is 19.7 Å². The largest absolute Gasteiger partial charge is 0.507 e. The van der Waals surface area contributed by atoms with Crippen molar-refractivity contribution >= 4 is 23.4 Å². The van der Waals surface area contributed by atoms with E-state index in [-0.39, 0.29) is 22.4 Å². The lowest BCUT2D eigenvalue weighted by Crippen LogP contribution is -2.25. The molecule has 5 heteroatoms. The van der Waals surface area contributed by atoms with Gasteiger partial charge in [-0.1, -0.05) is 45.0 Å². The van der Waals surface area contributed by atoms with Crippen LogP contribution in [0.2, 0.25) is 0 Å². The lowest BCUT2D eigenvalue weighted by Gasteiger charge is -2.28. The van der Waals surface area contributed by atoms with Crippen molar-refractivity contribution in [1.29, 1.82) is 0 Å². The molecule has 0 radical (unpaired) electrons. The second kappa shape index (κ2) is 4.51. The Labute approximate surface area is 118 Å². The molecule has 0 amide bonds. The lowest BCUT2D eigenvalue weighted by atomic mass is 10.0. The standard InChI is InChI=1S/C15H19O4P/c1-9-12(16)10-7-5-6-8-11(10)13(17)14(9)20(18,19)15(2,3)4/h5-8,16-17H,1-4H3,(H,18,19). The van der Waals surface area contributed by atoms with Gasteiger partial charge in [-0.3, -0.25) is 4.57 Å². The van der Waals surface area contributed by atoms with E-state index >= 15 is 0 Å². The van der Waals surface area contributed by atoms with Crippen LogP contribution in [0.4, 0.5) is 0 Å². The van der Waals surface area contributed by atoms with Gasteiger partial charge in [0.15, 0.2) is 0 Å². The molecule has 2 rings (SSSR count). The summed E-state index contributed by atoms with van der Waals surface area (Å²) in [5, 5.41) is 20.5. The summed E-state index contributed by atoms with van der Waals surface area (Å²) in [7, 11) is -3.85. The smallest absolute Gasteiger partial charge is 0.238 e. The molecule has 0 heterocycles. The van der Waals surface area contributed by atoms with Crippen molar-refractivity contribution in [2.75, 3.05) is 0 Å². The van der Waals surface area contributed by atoms with Crippen LogP contribution in [0.3, 0.4) is 0 Å². The second-order valence-electron chi connectivity index (χ2n) is 5.96. The summed E-state index contributed by atoms with van der Waals surface area (Å²) in [6, 6.07) is 6.74. The molecule has 0 bridgehead atoms. The first kappa shape index (κ1) is 14.9. The first-order chi connectivity index (χ1) is 9.09. The molecule has 1 unspecified atom stereocenters. The van der Waals surface area contributed by atoms with Crippen LogP contribution >= 0.6 is 7.37 Å². The highest BCUT2D eigenvalue weighted by Gasteiger charge is 2.41. The topological polar surface area (TPSA) is 77.8 Å². The van der Waals surface area contributed by atoms with Crippen LogP contribution in [-0.4, -0.2) is 20.3 Å². The van der Waals surface area contributed by atoms with E-state index in [0.29, 0.717) is 10.8 Å². The van der Waals surface area contributed by atoms with E-state index in [1.807, 2.05) is 0 Å². The van der Waals surface area contributed by atoms with Gasteiger partial charge in [0, 0.05) is 21.5 Å². The highest BCUT2D eigenvalue weighted by molar-refractivity contribution is 7.67. The van der Waals surface area contributed by atoms with Crippen LogP contribution in [-0.2, 0) is 4.57 Å². The van der Waals surface area contributed by atoms with Gasteiger partial charge in [0.05, 0.1) is 5.30 Å². The molecule has 108 valence electrons. The third-order valence-electron chi connectivity index (χ3n) is 3.58. The van der Waals surface area contributed by atoms with Crippen molar-refractivity contribution in [3.05, 3.63) is 29.8 Å². The fourth-order valence-electron chi connectivity index (χ4n) is 2.22. The minimum atomic E-state index is -3.85. The second-order valence-corrected chi connectivity index (χ2v) is 8.90. The third kappa shape index (κ3) is 2.00. The highest BCUT2D eigenvalue weighted by atomic mass is 31.2. The Morgan fingerprint density at radius 2 is 1.45 bits per heavy atom. The number of fused-ring (bicyclic) bond motifs is 1. The lowest BCUT2D eigenvalue weighted by molar-refractivity contribution is 0.446. The van der Waals surface area contributed by atoms with Gasteiger partial charge in [0.2, 0.25) is 7.37 Å². The van der Waals surface area contributed by atoms with Crippen LogP contribution in [0.5, 0.6) is 11.5 Å². The average Bonchev–Trinajstić information content (AvgIpc) is 2.35. The number of phenols is 2. The van der Waals surface area contributed by atoms with E-state index in [1.54, 1.807) is 52.0 Å². The van der Waals surface area contributed by atoms with Crippen LogP contribution in [0, 0.1) is 6.92 Å². The van der Waals surface area contributed by atoms with Crippen molar-refractivity contribution in [2.45, 2.75) is 32.9 Å². The summed E-state index contributed by atoms with van der Waals surface area (Å²) in [5.41, 5.74) is 0.252. The monoisotopic (exact) mass is 294 g/mol. The van der Waals surface area contributed by atoms with Crippen LogP contribution in [0.1, 0.15) is 26.3 Å². The Morgan fingerprint density at radius 1 is 1.00 bits per heavy atom. The molecule has 0 aliphatic carbocycles. The van der Waals surface area contributed by atoms with Crippen LogP contribution < -0.4 is 5.30 Å². The predicted molar refractivity (Wildman–Crippen MR) is 81.2 cm³/mol. The molecule has 1 atom stereocenters. The molecule has 0 saturated carbocycles. The summed E-state index contributed by atoms with van der Waals surface area (Å²) in [6.45, 7) is 6.46. The fraction of sp³-hybridized carbons (Fsp3) is 0.333. The SMILES string of the molecule is Cc1c(P(=O)(O)C(C)(C)C)c(O)c2ccccc2c1O. The molecule has 4 nitrogen and oxygen atoms in total. The molecule has 0 aliphatic rings. The van der Waals surface area contributed by atoms with Gasteiger partial charge in [-0.05, 0) is 6.92 Å². The maximum atomic E-state index is 12.8. The van der Waals surface area contributed by atoms with Gasteiger partial charge < -0.3 is 15.1 Å². The number of phenolic OH excluding ortho intramolecular Hbond substituents is 2. The van der Waals surface area contributed by atoms with Gasteiger partial charge in [-0.25, -0.2) is 0 Å². The van der Waals surface area contributed by atoms with Crippen molar-refractivity contribution < 1.29 is 19.7 Å². The van der Waals surface area contributed by atoms with Crippen molar-refractivity contribution in [3.8, 4) is 11.5 Å².